The van der Waals surface area contributed by atoms with E-state index in [9.17, 15) is 24.3 Å². The summed E-state index contributed by atoms with van der Waals surface area (Å²) < 4.78 is 18.2. The molecular formula is C37H45N5O8S2. The number of aromatic carboxylic acids is 1. The quantitative estimate of drug-likeness (QED) is 0.0773. The maximum absolute atomic E-state index is 13.0. The van der Waals surface area contributed by atoms with Crippen LogP contribution in [0.15, 0.2) is 48.0 Å². The number of fused-ring (bicyclic) bond motifs is 2. The topological polar surface area (TPSA) is 177 Å². The Morgan fingerprint density at radius 2 is 1.87 bits per heavy atom. The monoisotopic (exact) mass is 751 g/mol. The maximum Gasteiger partial charge on any atom is 0.335 e. The SMILES string of the molecule is C[C@]1(CC(=O)Nc2nccs2)NCCc2cc(OCCOCCCC(=O)CCCC[C@@H]3SC[C@@H]4NC(=O)N[C@@H]43)c(Oc3ccc(C(=O)O)cc3)cc21. The van der Waals surface area contributed by atoms with Gasteiger partial charge in [-0.15, -0.1) is 11.3 Å². The summed E-state index contributed by atoms with van der Waals surface area (Å²) in [7, 11) is 0. The van der Waals surface area contributed by atoms with Crippen LogP contribution in [0, 0.1) is 0 Å². The Morgan fingerprint density at radius 1 is 1.04 bits per heavy atom. The minimum atomic E-state index is -1.03. The van der Waals surface area contributed by atoms with Crippen molar-refractivity contribution in [3.05, 3.63) is 64.7 Å². The number of urea groups is 1. The fraction of sp³-hybridized carbons (Fsp3) is 0.486. The standard InChI is InChI=1S/C37H45N5O8S2/c1-37(21-32(44)41-36-38-14-18-51-36)27-20-30(50-26-10-8-23(9-11-26)34(45)46)29(19-24(27)12-13-39-37)49-17-16-48-15-4-6-25(43)5-2-3-7-31-33-28(22-52-31)40-35(47)42-33/h8-11,14,18-20,28,31,33,39H,2-7,12-13,15-17,21-22H2,1H3,(H,45,46)(H,38,41,44)(H2,40,42,47)/t28-,31-,33-,37+/m0/s1. The lowest BCUT2D eigenvalue weighted by atomic mass is 9.81. The number of hydrogen-bond acceptors (Lipinski definition) is 11. The first kappa shape index (κ1) is 37.6. The van der Waals surface area contributed by atoms with Crippen LogP contribution in [0.25, 0.3) is 0 Å². The van der Waals surface area contributed by atoms with Crippen LogP contribution < -0.4 is 30.7 Å². The number of carbonyl (C=O) groups is 4. The third-order valence-corrected chi connectivity index (χ3v) is 11.8. The van der Waals surface area contributed by atoms with E-state index in [-0.39, 0.29) is 48.4 Å². The minimum Gasteiger partial charge on any atom is -0.487 e. The molecule has 6 rings (SSSR count). The molecule has 0 radical (unpaired) electrons. The second-order valence-electron chi connectivity index (χ2n) is 13.4. The van der Waals surface area contributed by atoms with Crippen molar-refractivity contribution in [3.8, 4) is 17.2 Å². The molecule has 0 bridgehead atoms. The lowest BCUT2D eigenvalue weighted by Gasteiger charge is -2.37. The molecule has 5 N–H and O–H groups in total. The number of thioether (sulfide) groups is 1. The molecular weight excluding hydrogens is 707 g/mol. The Bertz CT molecular complexity index is 1720. The Hall–Kier alpha value is -4.18. The number of Topliss-reactive ketones (excluding diaryl/α,β-unsaturated/α-hetero) is 1. The highest BCUT2D eigenvalue weighted by Crippen LogP contribution is 2.41. The number of hydrogen-bond donors (Lipinski definition) is 5. The fourth-order valence-electron chi connectivity index (χ4n) is 6.92. The third kappa shape index (κ3) is 9.82. The lowest BCUT2D eigenvalue weighted by Crippen LogP contribution is -2.47. The third-order valence-electron chi connectivity index (χ3n) is 9.56. The van der Waals surface area contributed by atoms with Crippen LogP contribution in [0.2, 0.25) is 0 Å². The van der Waals surface area contributed by atoms with Crippen molar-refractivity contribution in [1.82, 2.24) is 20.9 Å². The molecule has 3 aliphatic heterocycles. The Balaban J connectivity index is 0.985. The molecule has 4 atom stereocenters. The number of nitrogens with zero attached hydrogens (tertiary/aromatic N) is 1. The second-order valence-corrected chi connectivity index (χ2v) is 15.6. The van der Waals surface area contributed by atoms with Crippen molar-refractivity contribution < 1.29 is 38.5 Å². The van der Waals surface area contributed by atoms with E-state index in [0.29, 0.717) is 66.7 Å². The molecule has 3 aromatic rings. The number of carbonyl (C=O) groups excluding carboxylic acids is 3. The minimum absolute atomic E-state index is 0.0725. The van der Waals surface area contributed by atoms with Crippen LogP contribution in [-0.2, 0) is 26.3 Å². The first-order valence-electron chi connectivity index (χ1n) is 17.7. The maximum atomic E-state index is 13.0. The number of anilines is 1. The van der Waals surface area contributed by atoms with Crippen LogP contribution >= 0.6 is 23.1 Å². The average Bonchev–Trinajstić information content (AvgIpc) is 3.85. The van der Waals surface area contributed by atoms with Crippen LogP contribution in [0.5, 0.6) is 17.2 Å². The van der Waals surface area contributed by atoms with Crippen LogP contribution in [-0.4, -0.2) is 83.2 Å². The van der Waals surface area contributed by atoms with Gasteiger partial charge in [0.2, 0.25) is 5.91 Å². The van der Waals surface area contributed by atoms with Crippen molar-refractivity contribution >= 4 is 51.9 Å². The number of ether oxygens (including phenoxy) is 3. The number of unbranched alkanes of at least 4 members (excludes halogenated alkanes) is 1. The average molecular weight is 752 g/mol. The van der Waals surface area contributed by atoms with Gasteiger partial charge in [0.15, 0.2) is 16.6 Å². The van der Waals surface area contributed by atoms with E-state index in [1.165, 1.54) is 23.5 Å². The zero-order valence-electron chi connectivity index (χ0n) is 29.1. The van der Waals surface area contributed by atoms with Gasteiger partial charge in [-0.2, -0.15) is 11.8 Å². The van der Waals surface area contributed by atoms with Crippen molar-refractivity contribution in [2.24, 2.45) is 0 Å². The summed E-state index contributed by atoms with van der Waals surface area (Å²) in [6.45, 7) is 3.67. The molecule has 2 saturated heterocycles. The molecule has 278 valence electrons. The van der Waals surface area contributed by atoms with Crippen LogP contribution in [0.3, 0.4) is 0 Å². The van der Waals surface area contributed by atoms with E-state index >= 15 is 0 Å². The summed E-state index contributed by atoms with van der Waals surface area (Å²) >= 11 is 3.25. The van der Waals surface area contributed by atoms with Gasteiger partial charge >= 0.3 is 12.0 Å². The van der Waals surface area contributed by atoms with Gasteiger partial charge in [-0.25, -0.2) is 14.6 Å². The molecule has 52 heavy (non-hydrogen) atoms. The fourth-order valence-corrected chi connectivity index (χ4v) is 9.01. The number of amides is 3. The molecule has 0 aliphatic carbocycles. The van der Waals surface area contributed by atoms with E-state index in [1.54, 1.807) is 23.7 Å². The van der Waals surface area contributed by atoms with Crippen molar-refractivity contribution in [1.29, 1.82) is 0 Å². The summed E-state index contributed by atoms with van der Waals surface area (Å²) in [5.41, 5.74) is 1.39. The number of carboxylic acid groups (broad SMARTS) is 1. The van der Waals surface area contributed by atoms with Crippen molar-refractivity contribution in [3.63, 3.8) is 0 Å². The van der Waals surface area contributed by atoms with Gasteiger partial charge in [-0.05, 0) is 80.1 Å². The molecule has 4 heterocycles. The van der Waals surface area contributed by atoms with E-state index in [0.717, 1.165) is 42.6 Å². The van der Waals surface area contributed by atoms with Gasteiger partial charge in [-0.3, -0.25) is 9.59 Å². The molecule has 0 saturated carbocycles. The van der Waals surface area contributed by atoms with Gasteiger partial charge in [0.25, 0.3) is 0 Å². The first-order valence-corrected chi connectivity index (χ1v) is 19.6. The van der Waals surface area contributed by atoms with Gasteiger partial charge < -0.3 is 40.6 Å². The number of nitrogens with one attached hydrogen (secondary N) is 4. The Kier molecular flexibility index (Phi) is 12.7. The molecule has 13 nitrogen and oxygen atoms in total. The van der Waals surface area contributed by atoms with Gasteiger partial charge in [0.05, 0.1) is 24.3 Å². The van der Waals surface area contributed by atoms with E-state index in [4.69, 9.17) is 14.2 Å². The number of carboxylic acids is 1. The van der Waals surface area contributed by atoms with Crippen molar-refractivity contribution in [2.45, 2.75) is 81.2 Å². The van der Waals surface area contributed by atoms with E-state index < -0.39 is 11.5 Å². The lowest BCUT2D eigenvalue weighted by molar-refractivity contribution is -0.119. The predicted octanol–water partition coefficient (Wildman–Crippen LogP) is 5.49. The van der Waals surface area contributed by atoms with Gasteiger partial charge in [-0.1, -0.05) is 6.42 Å². The first-order chi connectivity index (χ1) is 25.2. The van der Waals surface area contributed by atoms with Crippen LogP contribution in [0.4, 0.5) is 9.93 Å². The summed E-state index contributed by atoms with van der Waals surface area (Å²) in [4.78, 5) is 52.6. The number of benzene rings is 2. The zero-order chi connectivity index (χ0) is 36.5. The van der Waals surface area contributed by atoms with Gasteiger partial charge in [0.1, 0.15) is 18.1 Å². The molecule has 0 spiro atoms. The van der Waals surface area contributed by atoms with Crippen molar-refractivity contribution in [2.75, 3.05) is 37.4 Å². The smallest absolute Gasteiger partial charge is 0.335 e. The summed E-state index contributed by atoms with van der Waals surface area (Å²) in [6.07, 6.45) is 7.03. The second kappa shape index (κ2) is 17.6. The summed E-state index contributed by atoms with van der Waals surface area (Å²) in [5, 5.41) is 24.4. The largest absolute Gasteiger partial charge is 0.487 e. The molecule has 1 aromatic heterocycles. The number of ketones is 1. The normalized spacial score (nSPS) is 21.8. The number of thiazole rings is 1. The highest BCUT2D eigenvalue weighted by atomic mass is 32.2. The molecule has 3 aliphatic rings. The zero-order valence-corrected chi connectivity index (χ0v) is 30.7. The molecule has 2 fully saturated rings. The predicted molar refractivity (Wildman–Crippen MR) is 199 cm³/mol. The highest BCUT2D eigenvalue weighted by Gasteiger charge is 2.42. The molecule has 2 aromatic carbocycles. The number of aromatic nitrogens is 1. The van der Waals surface area contributed by atoms with Crippen LogP contribution in [0.1, 0.15) is 73.4 Å². The Labute approximate surface area is 311 Å². The summed E-state index contributed by atoms with van der Waals surface area (Å²) in [5.74, 6) is 1.36. The van der Waals surface area contributed by atoms with E-state index in [1.807, 2.05) is 30.8 Å². The molecule has 3 amide bonds. The molecule has 15 heteroatoms. The van der Waals surface area contributed by atoms with E-state index in [2.05, 4.69) is 26.3 Å². The molecule has 0 unspecified atom stereocenters. The Morgan fingerprint density at radius 3 is 2.65 bits per heavy atom. The van der Waals surface area contributed by atoms with Gasteiger partial charge in [0, 0.05) is 60.5 Å². The number of rotatable bonds is 19. The summed E-state index contributed by atoms with van der Waals surface area (Å²) in [6, 6.07) is 10.3. The highest BCUT2D eigenvalue weighted by molar-refractivity contribution is 8.00.